The van der Waals surface area contributed by atoms with Crippen molar-refractivity contribution in [2.24, 2.45) is 0 Å². The topological polar surface area (TPSA) is 91.9 Å². The summed E-state index contributed by atoms with van der Waals surface area (Å²) in [5.74, 6) is 0.412. The van der Waals surface area contributed by atoms with Crippen LogP contribution in [0.4, 0.5) is 21.9 Å². The van der Waals surface area contributed by atoms with Crippen molar-refractivity contribution in [1.29, 1.82) is 0 Å². The number of methoxy groups -OCH3 is 2. The largest absolute Gasteiger partial charge is 0.495 e. The van der Waals surface area contributed by atoms with Gasteiger partial charge in [0.15, 0.2) is 0 Å². The molecule has 0 unspecified atom stereocenters. The number of carbonyl (C=O) groups excluding carboxylic acids is 2. The summed E-state index contributed by atoms with van der Waals surface area (Å²) in [6.45, 7) is 2.96. The first-order valence-corrected chi connectivity index (χ1v) is 11.0. The van der Waals surface area contributed by atoms with Gasteiger partial charge >= 0.3 is 6.03 Å². The van der Waals surface area contributed by atoms with Crippen LogP contribution in [0.25, 0.3) is 0 Å². The van der Waals surface area contributed by atoms with E-state index in [0.717, 1.165) is 38.0 Å². The number of rotatable bonds is 9. The molecule has 8 heteroatoms. The minimum absolute atomic E-state index is 0.157. The minimum Gasteiger partial charge on any atom is -0.495 e. The van der Waals surface area contributed by atoms with E-state index in [1.807, 2.05) is 24.3 Å². The zero-order valence-corrected chi connectivity index (χ0v) is 18.8. The van der Waals surface area contributed by atoms with Gasteiger partial charge in [-0.25, -0.2) is 4.79 Å². The highest BCUT2D eigenvalue weighted by Gasteiger charge is 2.20. The van der Waals surface area contributed by atoms with Gasteiger partial charge in [0.05, 0.1) is 18.4 Å². The van der Waals surface area contributed by atoms with Gasteiger partial charge in [0.2, 0.25) is 0 Å². The second-order valence-electron chi connectivity index (χ2n) is 7.66. The SMILES string of the molecule is COCCCNC(=O)c1cc(NC(=O)Nc2ccccc2OC)ccc1N1CCCCC1. The Hall–Kier alpha value is -3.26. The van der Waals surface area contributed by atoms with Crippen molar-refractivity contribution in [2.45, 2.75) is 25.7 Å². The highest BCUT2D eigenvalue weighted by molar-refractivity contribution is 6.04. The fourth-order valence-electron chi connectivity index (χ4n) is 3.75. The Labute approximate surface area is 189 Å². The first kappa shape index (κ1) is 23.4. The van der Waals surface area contributed by atoms with Gasteiger partial charge in [0.25, 0.3) is 5.91 Å². The van der Waals surface area contributed by atoms with E-state index in [2.05, 4.69) is 20.9 Å². The van der Waals surface area contributed by atoms with Crippen LogP contribution in [0, 0.1) is 0 Å². The van der Waals surface area contributed by atoms with E-state index in [4.69, 9.17) is 9.47 Å². The number of hydrogen-bond acceptors (Lipinski definition) is 5. The molecule has 2 aromatic carbocycles. The van der Waals surface area contributed by atoms with Crippen molar-refractivity contribution >= 4 is 29.0 Å². The molecule has 0 spiro atoms. The molecule has 1 heterocycles. The number of nitrogens with one attached hydrogen (secondary N) is 3. The number of amides is 3. The van der Waals surface area contributed by atoms with Gasteiger partial charge in [0.1, 0.15) is 5.75 Å². The summed E-state index contributed by atoms with van der Waals surface area (Å²) in [7, 11) is 3.19. The quantitative estimate of drug-likeness (QED) is 0.511. The first-order chi connectivity index (χ1) is 15.6. The molecule has 1 saturated heterocycles. The molecular weight excluding hydrogens is 408 g/mol. The summed E-state index contributed by atoms with van der Waals surface area (Å²) >= 11 is 0. The molecule has 0 bridgehead atoms. The highest BCUT2D eigenvalue weighted by Crippen LogP contribution is 2.28. The summed E-state index contributed by atoms with van der Waals surface area (Å²) in [6.07, 6.45) is 4.16. The van der Waals surface area contributed by atoms with Crippen molar-refractivity contribution in [1.82, 2.24) is 5.32 Å². The minimum atomic E-state index is -0.410. The third-order valence-electron chi connectivity index (χ3n) is 5.36. The molecule has 3 N–H and O–H groups in total. The number of carbonyl (C=O) groups is 2. The number of urea groups is 1. The Morgan fingerprint density at radius 2 is 1.78 bits per heavy atom. The van der Waals surface area contributed by atoms with Crippen LogP contribution in [-0.4, -0.2) is 52.4 Å². The van der Waals surface area contributed by atoms with Crippen molar-refractivity contribution in [2.75, 3.05) is 56.0 Å². The molecule has 172 valence electrons. The number of benzene rings is 2. The average molecular weight is 441 g/mol. The Bertz CT molecular complexity index is 913. The van der Waals surface area contributed by atoms with Gasteiger partial charge in [-0.2, -0.15) is 0 Å². The molecule has 1 aliphatic rings. The van der Waals surface area contributed by atoms with Gasteiger partial charge in [-0.05, 0) is 56.0 Å². The van der Waals surface area contributed by atoms with Crippen LogP contribution >= 0.6 is 0 Å². The summed E-state index contributed by atoms with van der Waals surface area (Å²) < 4.78 is 10.3. The Morgan fingerprint density at radius 1 is 1.00 bits per heavy atom. The maximum absolute atomic E-state index is 13.0. The van der Waals surface area contributed by atoms with Gasteiger partial charge in [-0.3, -0.25) is 4.79 Å². The van der Waals surface area contributed by atoms with Crippen molar-refractivity contribution in [3.05, 3.63) is 48.0 Å². The normalized spacial score (nSPS) is 13.4. The molecule has 32 heavy (non-hydrogen) atoms. The molecule has 3 rings (SSSR count). The fourth-order valence-corrected chi connectivity index (χ4v) is 3.75. The molecule has 1 fully saturated rings. The van der Waals surface area contributed by atoms with Crippen LogP contribution < -0.4 is 25.6 Å². The maximum atomic E-state index is 13.0. The molecule has 0 aliphatic carbocycles. The van der Waals surface area contributed by atoms with Gasteiger partial charge in [-0.15, -0.1) is 0 Å². The number of nitrogens with zero attached hydrogens (tertiary/aromatic N) is 1. The molecule has 3 amide bonds. The number of hydrogen-bond donors (Lipinski definition) is 3. The molecule has 1 aliphatic heterocycles. The van der Waals surface area contributed by atoms with E-state index in [1.165, 1.54) is 6.42 Å². The Morgan fingerprint density at radius 3 is 2.53 bits per heavy atom. The predicted molar refractivity (Wildman–Crippen MR) is 127 cm³/mol. The highest BCUT2D eigenvalue weighted by atomic mass is 16.5. The molecule has 8 nitrogen and oxygen atoms in total. The third-order valence-corrected chi connectivity index (χ3v) is 5.36. The van der Waals surface area contributed by atoms with E-state index >= 15 is 0 Å². The van der Waals surface area contributed by atoms with Crippen molar-refractivity contribution in [3.63, 3.8) is 0 Å². The summed E-state index contributed by atoms with van der Waals surface area (Å²) in [4.78, 5) is 27.8. The number of ether oxygens (including phenoxy) is 2. The lowest BCUT2D eigenvalue weighted by atomic mass is 10.1. The van der Waals surface area contributed by atoms with Crippen LogP contribution in [0.3, 0.4) is 0 Å². The smallest absolute Gasteiger partial charge is 0.323 e. The third kappa shape index (κ3) is 6.37. The second-order valence-corrected chi connectivity index (χ2v) is 7.66. The van der Waals surface area contributed by atoms with Crippen LogP contribution in [0.1, 0.15) is 36.0 Å². The summed E-state index contributed by atoms with van der Waals surface area (Å²) in [5.41, 5.74) is 2.55. The zero-order chi connectivity index (χ0) is 22.8. The number of piperidine rings is 1. The monoisotopic (exact) mass is 440 g/mol. The summed E-state index contributed by atoms with van der Waals surface area (Å²) in [5, 5.41) is 8.56. The van der Waals surface area contributed by atoms with E-state index in [9.17, 15) is 9.59 Å². The van der Waals surface area contributed by atoms with Gasteiger partial charge in [-0.1, -0.05) is 12.1 Å². The zero-order valence-electron chi connectivity index (χ0n) is 18.8. The second kappa shape index (κ2) is 12.0. The van der Waals surface area contributed by atoms with Crippen LogP contribution in [0.15, 0.2) is 42.5 Å². The molecule has 0 saturated carbocycles. The van der Waals surface area contributed by atoms with Crippen LogP contribution in [0.2, 0.25) is 0 Å². The number of anilines is 3. The van der Waals surface area contributed by atoms with Crippen molar-refractivity contribution in [3.8, 4) is 5.75 Å². The van der Waals surface area contributed by atoms with Gasteiger partial charge in [0, 0.05) is 44.7 Å². The lowest BCUT2D eigenvalue weighted by molar-refractivity contribution is 0.0949. The van der Waals surface area contributed by atoms with Crippen LogP contribution in [-0.2, 0) is 4.74 Å². The fraction of sp³-hybridized carbons (Fsp3) is 0.417. The maximum Gasteiger partial charge on any atom is 0.323 e. The van der Waals surface area contributed by atoms with Crippen molar-refractivity contribution < 1.29 is 19.1 Å². The molecule has 0 atom stereocenters. The number of para-hydroxylation sites is 2. The molecule has 2 aromatic rings. The van der Waals surface area contributed by atoms with Crippen LogP contribution in [0.5, 0.6) is 5.75 Å². The van der Waals surface area contributed by atoms with E-state index in [1.54, 1.807) is 32.4 Å². The van der Waals surface area contributed by atoms with E-state index in [0.29, 0.717) is 35.8 Å². The van der Waals surface area contributed by atoms with E-state index in [-0.39, 0.29) is 5.91 Å². The average Bonchev–Trinajstić information content (AvgIpc) is 2.82. The standard InChI is InChI=1S/C24H32N4O4/c1-31-16-8-13-25-23(29)19-17-18(11-12-21(19)28-14-6-3-7-15-28)26-24(30)27-20-9-4-5-10-22(20)32-2/h4-5,9-12,17H,3,6-8,13-16H2,1-2H3,(H,25,29)(H2,26,27,30). The van der Waals surface area contributed by atoms with Gasteiger partial charge < -0.3 is 30.3 Å². The lowest BCUT2D eigenvalue weighted by Crippen LogP contribution is -2.33. The Balaban J connectivity index is 1.75. The molecule has 0 aromatic heterocycles. The Kier molecular flexibility index (Phi) is 8.74. The molecular formula is C24H32N4O4. The lowest BCUT2D eigenvalue weighted by Gasteiger charge is -2.30. The van der Waals surface area contributed by atoms with E-state index < -0.39 is 6.03 Å². The first-order valence-electron chi connectivity index (χ1n) is 11.0. The molecule has 0 radical (unpaired) electrons. The predicted octanol–water partition coefficient (Wildman–Crippen LogP) is 4.10. The summed E-state index contributed by atoms with van der Waals surface area (Å²) in [6, 6.07) is 12.2.